The number of fused-ring (bicyclic) bond motifs is 1. The normalized spacial score (nSPS) is 13.7. The number of ether oxygens (including phenoxy) is 2. The number of nitrogens with one attached hydrogen (secondary N) is 2. The highest BCUT2D eigenvalue weighted by Gasteiger charge is 2.28. The predicted molar refractivity (Wildman–Crippen MR) is 101 cm³/mol. The smallest absolute Gasteiger partial charge is 0.231 e. The van der Waals surface area contributed by atoms with Gasteiger partial charge in [0.05, 0.1) is 4.75 Å². The average molecular weight is 384 g/mol. The maximum absolute atomic E-state index is 12.2. The molecule has 0 aromatic heterocycles. The molecule has 0 saturated heterocycles. The van der Waals surface area contributed by atoms with E-state index in [1.807, 2.05) is 19.9 Å². The first-order chi connectivity index (χ1) is 12.0. The van der Waals surface area contributed by atoms with Crippen LogP contribution in [0.3, 0.4) is 0 Å². The quantitative estimate of drug-likeness (QED) is 0.705. The lowest BCUT2D eigenvalue weighted by molar-refractivity contribution is -0.116. The van der Waals surface area contributed by atoms with Gasteiger partial charge in [-0.2, -0.15) is 0 Å². The summed E-state index contributed by atoms with van der Waals surface area (Å²) < 4.78 is 36.5. The molecule has 2 rings (SSSR count). The van der Waals surface area contributed by atoms with Crippen LogP contribution < -0.4 is 19.5 Å². The number of benzene rings is 1. The maximum atomic E-state index is 12.2. The largest absolute Gasteiger partial charge is 0.453 e. The van der Waals surface area contributed by atoms with Crippen LogP contribution in [-0.4, -0.2) is 32.4 Å². The van der Waals surface area contributed by atoms with Crippen molar-refractivity contribution in [2.24, 2.45) is 0 Å². The number of anilines is 1. The maximum Gasteiger partial charge on any atom is 0.231 e. The Morgan fingerprint density at radius 3 is 2.46 bits per heavy atom. The molecule has 0 atom stereocenters. The van der Waals surface area contributed by atoms with Gasteiger partial charge in [0.2, 0.25) is 22.7 Å². The van der Waals surface area contributed by atoms with Crippen LogP contribution in [0.1, 0.15) is 51.2 Å². The zero-order valence-corrected chi connectivity index (χ0v) is 16.9. The second kappa shape index (κ2) is 7.84. The van der Waals surface area contributed by atoms with E-state index in [-0.39, 0.29) is 12.7 Å². The highest BCUT2D eigenvalue weighted by Crippen LogP contribution is 2.42. The highest BCUT2D eigenvalue weighted by atomic mass is 32.2. The van der Waals surface area contributed by atoms with Gasteiger partial charge in [-0.05, 0) is 59.1 Å². The van der Waals surface area contributed by atoms with E-state index in [9.17, 15) is 13.2 Å². The Kier molecular flexibility index (Phi) is 6.18. The minimum absolute atomic E-state index is 0.106. The van der Waals surface area contributed by atoms with Gasteiger partial charge in [-0.25, -0.2) is 13.1 Å². The summed E-state index contributed by atoms with van der Waals surface area (Å²) in [5.74, 6) is 1.30. The third kappa shape index (κ3) is 4.67. The van der Waals surface area contributed by atoms with Crippen molar-refractivity contribution in [3.05, 3.63) is 17.2 Å². The zero-order chi connectivity index (χ0) is 19.5. The molecular weight excluding hydrogens is 356 g/mol. The number of unbranched alkanes of at least 4 members (excludes halogenated alkanes) is 1. The standard InChI is InChI=1S/C18H28N2O5S/c1-12-10-14(13(2)17-16(12)24-11-25-17)20-15(21)8-6-7-9-19-26(22,23)18(3,4)5/h10,19H,6-9,11H2,1-5H3,(H,20,21). The van der Waals surface area contributed by atoms with Gasteiger partial charge in [0.15, 0.2) is 11.5 Å². The van der Waals surface area contributed by atoms with Gasteiger partial charge in [-0.1, -0.05) is 0 Å². The minimum atomic E-state index is -3.34. The van der Waals surface area contributed by atoms with Gasteiger partial charge < -0.3 is 14.8 Å². The fourth-order valence-corrected chi connectivity index (χ4v) is 3.38. The van der Waals surface area contributed by atoms with E-state index in [1.165, 1.54) is 0 Å². The molecule has 1 aromatic rings. The summed E-state index contributed by atoms with van der Waals surface area (Å²) in [7, 11) is -3.34. The molecular formula is C18H28N2O5S. The van der Waals surface area contributed by atoms with Crippen molar-refractivity contribution in [1.29, 1.82) is 0 Å². The number of hydrogen-bond acceptors (Lipinski definition) is 5. The van der Waals surface area contributed by atoms with Crippen LogP contribution in [0.4, 0.5) is 5.69 Å². The van der Waals surface area contributed by atoms with Gasteiger partial charge in [-0.3, -0.25) is 4.79 Å². The summed E-state index contributed by atoms with van der Waals surface area (Å²) in [6, 6.07) is 1.87. The van der Waals surface area contributed by atoms with Crippen molar-refractivity contribution in [3.63, 3.8) is 0 Å². The first-order valence-electron chi connectivity index (χ1n) is 8.72. The lowest BCUT2D eigenvalue weighted by Gasteiger charge is -2.19. The number of rotatable bonds is 7. The fraction of sp³-hybridized carbons (Fsp3) is 0.611. The molecule has 0 radical (unpaired) electrons. The van der Waals surface area contributed by atoms with Crippen molar-refractivity contribution in [3.8, 4) is 11.5 Å². The molecule has 1 aliphatic rings. The third-order valence-electron chi connectivity index (χ3n) is 4.28. The van der Waals surface area contributed by atoms with Crippen LogP contribution in [-0.2, 0) is 14.8 Å². The van der Waals surface area contributed by atoms with Crippen molar-refractivity contribution >= 4 is 21.6 Å². The van der Waals surface area contributed by atoms with E-state index in [2.05, 4.69) is 10.0 Å². The number of carbonyl (C=O) groups excluding carboxylic acids is 1. The van der Waals surface area contributed by atoms with Crippen molar-refractivity contribution < 1.29 is 22.7 Å². The second-order valence-electron chi connectivity index (χ2n) is 7.45. The molecule has 1 amide bonds. The topological polar surface area (TPSA) is 93.7 Å². The Morgan fingerprint density at radius 2 is 1.81 bits per heavy atom. The van der Waals surface area contributed by atoms with E-state index >= 15 is 0 Å². The molecule has 1 aromatic carbocycles. The molecule has 7 nitrogen and oxygen atoms in total. The number of carbonyl (C=O) groups is 1. The molecule has 0 aliphatic carbocycles. The van der Waals surface area contributed by atoms with E-state index in [0.717, 1.165) is 16.9 Å². The van der Waals surface area contributed by atoms with Crippen LogP contribution in [0.15, 0.2) is 6.07 Å². The average Bonchev–Trinajstić information content (AvgIpc) is 3.01. The summed E-state index contributed by atoms with van der Waals surface area (Å²) in [6.07, 6.45) is 1.52. The van der Waals surface area contributed by atoms with Crippen LogP contribution in [0.5, 0.6) is 11.5 Å². The van der Waals surface area contributed by atoms with Crippen LogP contribution in [0.25, 0.3) is 0 Å². The van der Waals surface area contributed by atoms with Crippen LogP contribution >= 0.6 is 0 Å². The lowest BCUT2D eigenvalue weighted by atomic mass is 10.1. The number of hydrogen-bond donors (Lipinski definition) is 2. The van der Waals surface area contributed by atoms with Crippen LogP contribution in [0, 0.1) is 13.8 Å². The molecule has 0 fully saturated rings. The van der Waals surface area contributed by atoms with E-state index < -0.39 is 14.8 Å². The molecule has 26 heavy (non-hydrogen) atoms. The Bertz CT molecular complexity index is 782. The molecule has 1 aliphatic heterocycles. The van der Waals surface area contributed by atoms with Crippen LogP contribution in [0.2, 0.25) is 0 Å². The Balaban J connectivity index is 1.81. The minimum Gasteiger partial charge on any atom is -0.453 e. The molecule has 2 N–H and O–H groups in total. The van der Waals surface area contributed by atoms with Gasteiger partial charge >= 0.3 is 0 Å². The number of aryl methyl sites for hydroxylation is 1. The van der Waals surface area contributed by atoms with Crippen molar-refractivity contribution in [2.45, 2.75) is 58.6 Å². The van der Waals surface area contributed by atoms with E-state index in [1.54, 1.807) is 20.8 Å². The summed E-state index contributed by atoms with van der Waals surface area (Å²) in [6.45, 7) is 9.26. The SMILES string of the molecule is Cc1cc(NC(=O)CCCCNS(=O)(=O)C(C)(C)C)c(C)c2c1OCO2. The molecule has 146 valence electrons. The second-order valence-corrected chi connectivity index (χ2v) is 9.97. The molecule has 0 bridgehead atoms. The monoisotopic (exact) mass is 384 g/mol. The Labute approximate surface area is 155 Å². The predicted octanol–water partition coefficient (Wildman–Crippen LogP) is 2.86. The Morgan fingerprint density at radius 1 is 1.15 bits per heavy atom. The Hall–Kier alpha value is -1.80. The summed E-state index contributed by atoms with van der Waals surface area (Å²) >= 11 is 0. The first kappa shape index (κ1) is 20.5. The highest BCUT2D eigenvalue weighted by molar-refractivity contribution is 7.90. The number of sulfonamides is 1. The van der Waals surface area contributed by atoms with Gasteiger partial charge in [-0.15, -0.1) is 0 Å². The van der Waals surface area contributed by atoms with Crippen molar-refractivity contribution in [2.75, 3.05) is 18.7 Å². The summed E-state index contributed by atoms with van der Waals surface area (Å²) in [5.41, 5.74) is 2.47. The zero-order valence-electron chi connectivity index (χ0n) is 16.1. The first-order valence-corrected chi connectivity index (χ1v) is 10.2. The molecule has 1 heterocycles. The van der Waals surface area contributed by atoms with Gasteiger partial charge in [0.25, 0.3) is 0 Å². The van der Waals surface area contributed by atoms with E-state index in [4.69, 9.17) is 9.47 Å². The van der Waals surface area contributed by atoms with Gasteiger partial charge in [0.1, 0.15) is 0 Å². The van der Waals surface area contributed by atoms with Crippen molar-refractivity contribution in [1.82, 2.24) is 4.72 Å². The lowest BCUT2D eigenvalue weighted by Crippen LogP contribution is -2.39. The fourth-order valence-electron chi connectivity index (χ4n) is 2.54. The van der Waals surface area contributed by atoms with Gasteiger partial charge in [0, 0.05) is 24.2 Å². The third-order valence-corrected chi connectivity index (χ3v) is 6.48. The molecule has 0 saturated carbocycles. The molecule has 8 heteroatoms. The molecule has 0 spiro atoms. The summed E-state index contributed by atoms with van der Waals surface area (Å²) in [5, 5.41) is 2.90. The summed E-state index contributed by atoms with van der Waals surface area (Å²) in [4.78, 5) is 12.2. The molecule has 0 unspecified atom stereocenters. The van der Waals surface area contributed by atoms with E-state index in [0.29, 0.717) is 37.2 Å². The number of amides is 1.